The van der Waals surface area contributed by atoms with E-state index in [9.17, 15) is 0 Å². The van der Waals surface area contributed by atoms with Crippen molar-refractivity contribution < 1.29 is 4.58 Å². The number of likely N-dealkylation sites (N-methyl/N-ethyl adjacent to an activating group) is 1. The van der Waals surface area contributed by atoms with Gasteiger partial charge in [0.15, 0.2) is 0 Å². The molecule has 3 aromatic rings. The SMILES string of the molecule is Cn1c2ccc1C(C)(C(C)(C)C)c1ccc(n1C)/C(C(C)(C)C)=c1/cc/c(n1C)=C(\C(C)(C)C)C1=[N+](C)C(=C2C(C)(C)C)C=C1. The van der Waals surface area contributed by atoms with E-state index in [1.165, 1.54) is 61.6 Å². The summed E-state index contributed by atoms with van der Waals surface area (Å²) >= 11 is 0. The minimum absolute atomic E-state index is 0.0537. The maximum Gasteiger partial charge on any atom is 0.211 e. The summed E-state index contributed by atoms with van der Waals surface area (Å²) in [5.74, 6) is 0. The molecule has 0 saturated heterocycles. The van der Waals surface area contributed by atoms with Crippen LogP contribution in [0.15, 0.2) is 54.2 Å². The quantitative estimate of drug-likeness (QED) is 0.231. The van der Waals surface area contributed by atoms with Crippen molar-refractivity contribution in [3.8, 4) is 0 Å². The van der Waals surface area contributed by atoms with Crippen LogP contribution in [0.25, 0.3) is 16.7 Å². The van der Waals surface area contributed by atoms with Crippen LogP contribution in [0.3, 0.4) is 0 Å². The number of allylic oxidation sites excluding steroid dienone is 3. The van der Waals surface area contributed by atoms with Gasteiger partial charge in [-0.1, -0.05) is 83.1 Å². The topological polar surface area (TPSA) is 17.8 Å². The number of aromatic nitrogens is 3. The molecule has 2 aliphatic rings. The zero-order valence-corrected chi connectivity index (χ0v) is 31.4. The molecule has 3 aromatic heterocycles. The zero-order chi connectivity index (χ0) is 33.8. The molecule has 0 aliphatic carbocycles. The standard InChI is InChI=1S/C41H59N4/c1-37(2,3)34-26-18-20-28(42(26)14)35(38(4,5)6)30-22-24-32(44(30)16)41(13,40(10,11)12)33-25-23-31(45(33)17)36(39(7,8)9)29-21-19-27(34)43(29)15/h18-25H,1-17H3/q+1. The Morgan fingerprint density at radius 3 is 1.38 bits per heavy atom. The Morgan fingerprint density at radius 1 is 0.533 bits per heavy atom. The molecule has 242 valence electrons. The summed E-state index contributed by atoms with van der Waals surface area (Å²) in [6.45, 7) is 30.8. The van der Waals surface area contributed by atoms with E-state index >= 15 is 0 Å². The lowest BCUT2D eigenvalue weighted by atomic mass is 9.64. The molecule has 0 fully saturated rings. The van der Waals surface area contributed by atoms with Crippen LogP contribution in [0.2, 0.25) is 0 Å². The van der Waals surface area contributed by atoms with Gasteiger partial charge in [-0.25, -0.2) is 0 Å². The summed E-state index contributed by atoms with van der Waals surface area (Å²) in [6.07, 6.45) is 4.71. The van der Waals surface area contributed by atoms with Gasteiger partial charge in [-0.3, -0.25) is 0 Å². The van der Waals surface area contributed by atoms with Crippen molar-refractivity contribution in [2.75, 3.05) is 7.05 Å². The molecule has 0 spiro atoms. The predicted octanol–water partition coefficient (Wildman–Crippen LogP) is 7.92. The second kappa shape index (κ2) is 10.1. The largest absolute Gasteiger partial charge is 0.347 e. The first-order chi connectivity index (χ1) is 20.4. The van der Waals surface area contributed by atoms with Crippen LogP contribution < -0.4 is 10.7 Å². The molecule has 1 atom stereocenters. The molecule has 8 bridgehead atoms. The summed E-state index contributed by atoms with van der Waals surface area (Å²) in [5.41, 5.74) is 11.3. The number of hydrogen-bond acceptors (Lipinski definition) is 0. The van der Waals surface area contributed by atoms with Crippen molar-refractivity contribution in [3.05, 3.63) is 87.7 Å². The summed E-state index contributed by atoms with van der Waals surface area (Å²) in [6, 6.07) is 14.2. The van der Waals surface area contributed by atoms with E-state index in [0.717, 1.165) is 0 Å². The average Bonchev–Trinajstić information content (AvgIpc) is 3.62. The lowest BCUT2D eigenvalue weighted by molar-refractivity contribution is -0.432. The zero-order valence-electron chi connectivity index (χ0n) is 31.4. The lowest BCUT2D eigenvalue weighted by Gasteiger charge is -2.43. The molecule has 0 amide bonds. The smallest absolute Gasteiger partial charge is 0.211 e. The van der Waals surface area contributed by atoms with Gasteiger partial charge >= 0.3 is 0 Å². The lowest BCUT2D eigenvalue weighted by Crippen LogP contribution is -2.42. The summed E-state index contributed by atoms with van der Waals surface area (Å²) in [7, 11) is 9.08. The van der Waals surface area contributed by atoms with E-state index in [1.807, 2.05) is 0 Å². The predicted molar refractivity (Wildman–Crippen MR) is 193 cm³/mol. The molecule has 5 heterocycles. The minimum atomic E-state index is -0.262. The summed E-state index contributed by atoms with van der Waals surface area (Å²) in [4.78, 5) is 0. The maximum absolute atomic E-state index is 2.49. The highest BCUT2D eigenvalue weighted by Gasteiger charge is 2.46. The van der Waals surface area contributed by atoms with Gasteiger partial charge in [0.05, 0.1) is 27.6 Å². The normalized spacial score (nSPS) is 22.2. The first-order valence-electron chi connectivity index (χ1n) is 16.7. The molecule has 0 saturated carbocycles. The monoisotopic (exact) mass is 607 g/mol. The number of rotatable bonds is 0. The Hall–Kier alpha value is -3.27. The van der Waals surface area contributed by atoms with Gasteiger partial charge in [0.2, 0.25) is 11.4 Å². The molecular weight excluding hydrogens is 548 g/mol. The van der Waals surface area contributed by atoms with Crippen LogP contribution >= 0.6 is 0 Å². The van der Waals surface area contributed by atoms with Crippen LogP contribution in [0.5, 0.6) is 0 Å². The third kappa shape index (κ3) is 4.89. The van der Waals surface area contributed by atoms with Crippen LogP contribution in [-0.2, 0) is 26.6 Å². The molecule has 4 heteroatoms. The molecule has 45 heavy (non-hydrogen) atoms. The van der Waals surface area contributed by atoms with Crippen LogP contribution in [0.4, 0.5) is 0 Å². The minimum Gasteiger partial charge on any atom is -0.347 e. The molecular formula is C41H59N4+. The van der Waals surface area contributed by atoms with Crippen molar-refractivity contribution >= 4 is 22.4 Å². The van der Waals surface area contributed by atoms with Crippen LogP contribution in [0.1, 0.15) is 113 Å². The summed E-state index contributed by atoms with van der Waals surface area (Å²) in [5, 5.41) is 2.54. The Bertz CT molecular complexity index is 1910. The van der Waals surface area contributed by atoms with Crippen molar-refractivity contribution in [2.24, 2.45) is 42.8 Å². The third-order valence-corrected chi connectivity index (χ3v) is 10.8. The summed E-state index contributed by atoms with van der Waals surface area (Å²) < 4.78 is 9.88. The molecule has 5 rings (SSSR count). The van der Waals surface area contributed by atoms with Crippen molar-refractivity contribution in [1.29, 1.82) is 0 Å². The van der Waals surface area contributed by atoms with Crippen LogP contribution in [0, 0.1) is 21.7 Å². The van der Waals surface area contributed by atoms with E-state index in [0.29, 0.717) is 0 Å². The Kier molecular flexibility index (Phi) is 7.44. The van der Waals surface area contributed by atoms with E-state index in [1.54, 1.807) is 0 Å². The first-order valence-corrected chi connectivity index (χ1v) is 16.7. The van der Waals surface area contributed by atoms with E-state index < -0.39 is 0 Å². The van der Waals surface area contributed by atoms with Gasteiger partial charge in [-0.2, -0.15) is 4.58 Å². The first kappa shape index (κ1) is 33.1. The van der Waals surface area contributed by atoms with E-state index in [-0.39, 0.29) is 27.1 Å². The number of fused-ring (bicyclic) bond motifs is 7. The average molecular weight is 608 g/mol. The molecule has 0 aromatic carbocycles. The Balaban J connectivity index is 2.13. The fraction of sp³-hybridized carbons (Fsp3) is 0.537. The van der Waals surface area contributed by atoms with E-state index in [4.69, 9.17) is 0 Å². The second-order valence-electron chi connectivity index (χ2n) is 17.9. The van der Waals surface area contributed by atoms with Gasteiger partial charge in [0.25, 0.3) is 0 Å². The highest BCUT2D eigenvalue weighted by molar-refractivity contribution is 6.24. The third-order valence-electron chi connectivity index (χ3n) is 10.8. The second-order valence-corrected chi connectivity index (χ2v) is 17.9. The van der Waals surface area contributed by atoms with Crippen LogP contribution in [-0.4, -0.2) is 31.0 Å². The maximum atomic E-state index is 2.49. The molecule has 1 unspecified atom stereocenters. The number of nitrogens with zero attached hydrogens (tertiary/aromatic N) is 4. The van der Waals surface area contributed by atoms with Gasteiger partial charge in [-0.05, 0) is 65.0 Å². The van der Waals surface area contributed by atoms with Gasteiger partial charge in [0, 0.05) is 61.3 Å². The highest BCUT2D eigenvalue weighted by Crippen LogP contribution is 2.50. The Morgan fingerprint density at radius 2 is 0.956 bits per heavy atom. The van der Waals surface area contributed by atoms with E-state index in [2.05, 4.69) is 185 Å². The van der Waals surface area contributed by atoms with Gasteiger partial charge in [0.1, 0.15) is 7.05 Å². The molecule has 2 aliphatic heterocycles. The fourth-order valence-corrected chi connectivity index (χ4v) is 8.15. The fourth-order valence-electron chi connectivity index (χ4n) is 8.15. The number of hydrogen-bond donors (Lipinski definition) is 0. The van der Waals surface area contributed by atoms with Crippen molar-refractivity contribution in [1.82, 2.24) is 13.7 Å². The highest BCUT2D eigenvalue weighted by atomic mass is 15.1. The van der Waals surface area contributed by atoms with Gasteiger partial charge < -0.3 is 13.7 Å². The molecule has 4 nitrogen and oxygen atoms in total. The molecule has 0 N–H and O–H groups in total. The van der Waals surface area contributed by atoms with Crippen molar-refractivity contribution in [2.45, 2.75) is 95.4 Å². The Labute approximate surface area is 273 Å². The van der Waals surface area contributed by atoms with Gasteiger partial charge in [-0.15, -0.1) is 0 Å². The van der Waals surface area contributed by atoms with Crippen molar-refractivity contribution in [3.63, 3.8) is 0 Å². The molecule has 0 radical (unpaired) electrons.